The minimum atomic E-state index is -0.518. The number of fused-ring (bicyclic) bond motifs is 1. The normalized spacial score (nSPS) is 15.7. The largest absolute Gasteiger partial charge is 0.310 e. The van der Waals surface area contributed by atoms with E-state index in [-0.39, 0.29) is 29.5 Å². The summed E-state index contributed by atoms with van der Waals surface area (Å²) in [6.45, 7) is 0. The van der Waals surface area contributed by atoms with E-state index in [4.69, 9.17) is 23.2 Å². The monoisotopic (exact) mass is 449 g/mol. The Labute approximate surface area is 179 Å². The molecule has 0 radical (unpaired) electrons. The lowest BCUT2D eigenvalue weighted by Gasteiger charge is -2.25. The minimum Gasteiger partial charge on any atom is -0.310 e. The summed E-state index contributed by atoms with van der Waals surface area (Å²) >= 11 is 13.6. The summed E-state index contributed by atoms with van der Waals surface area (Å²) in [7, 11) is 0. The maximum absolute atomic E-state index is 13.0. The number of aromatic nitrogens is 2. The molecule has 0 saturated carbocycles. The molecule has 1 unspecified atom stereocenters. The predicted molar refractivity (Wildman–Crippen MR) is 112 cm³/mol. The Morgan fingerprint density at radius 3 is 2.62 bits per heavy atom. The number of amides is 1. The third-order valence-corrected chi connectivity index (χ3v) is 6.06. The third-order valence-electron chi connectivity index (χ3n) is 4.56. The summed E-state index contributed by atoms with van der Waals surface area (Å²) in [5, 5.41) is 3.89. The van der Waals surface area contributed by atoms with Crippen molar-refractivity contribution in [1.82, 2.24) is 9.97 Å². The number of thioether (sulfide) groups is 1. The fourth-order valence-electron chi connectivity index (χ4n) is 3.20. The van der Waals surface area contributed by atoms with Crippen LogP contribution in [0, 0.1) is 5.82 Å². The van der Waals surface area contributed by atoms with Gasteiger partial charge in [-0.25, -0.2) is 9.37 Å². The fourth-order valence-corrected chi connectivity index (χ4v) is 4.56. The molecule has 1 atom stereocenters. The smallest absolute Gasteiger partial charge is 0.257 e. The first-order valence-electron chi connectivity index (χ1n) is 8.67. The second-order valence-corrected chi connectivity index (χ2v) is 8.33. The Morgan fingerprint density at radius 1 is 1.14 bits per heavy atom. The van der Waals surface area contributed by atoms with Crippen molar-refractivity contribution in [3.8, 4) is 0 Å². The molecule has 2 N–H and O–H groups in total. The summed E-state index contributed by atoms with van der Waals surface area (Å²) in [6, 6.07) is 11.1. The van der Waals surface area contributed by atoms with Gasteiger partial charge in [-0.2, -0.15) is 0 Å². The van der Waals surface area contributed by atoms with Gasteiger partial charge in [0.05, 0.1) is 5.56 Å². The summed E-state index contributed by atoms with van der Waals surface area (Å²) in [5.41, 5.74) is 1.55. The first-order valence-corrected chi connectivity index (χ1v) is 10.4. The minimum absolute atomic E-state index is 0.0845. The molecule has 0 aliphatic carbocycles. The highest BCUT2D eigenvalue weighted by molar-refractivity contribution is 7.98. The number of carbonyl (C=O) groups is 1. The van der Waals surface area contributed by atoms with Crippen LogP contribution < -0.4 is 10.9 Å². The van der Waals surface area contributed by atoms with Crippen molar-refractivity contribution < 1.29 is 9.18 Å². The number of H-pyrrole nitrogens is 1. The van der Waals surface area contributed by atoms with E-state index in [1.807, 2.05) is 0 Å². The van der Waals surface area contributed by atoms with Gasteiger partial charge in [0, 0.05) is 28.1 Å². The molecule has 3 aromatic rings. The van der Waals surface area contributed by atoms with Gasteiger partial charge in [-0.05, 0) is 35.4 Å². The van der Waals surface area contributed by atoms with Crippen molar-refractivity contribution in [2.75, 3.05) is 5.32 Å². The lowest BCUT2D eigenvalue weighted by Crippen LogP contribution is -2.31. The average molecular weight is 450 g/mol. The van der Waals surface area contributed by atoms with Crippen LogP contribution in [0.15, 0.2) is 52.4 Å². The van der Waals surface area contributed by atoms with E-state index in [1.54, 1.807) is 30.3 Å². The van der Waals surface area contributed by atoms with E-state index in [2.05, 4.69) is 15.3 Å². The van der Waals surface area contributed by atoms with Crippen LogP contribution in [0.2, 0.25) is 10.0 Å². The molecule has 2 heterocycles. The van der Waals surface area contributed by atoms with Crippen LogP contribution in [-0.4, -0.2) is 15.9 Å². The number of hydrogen-bond donors (Lipinski definition) is 2. The summed E-state index contributed by atoms with van der Waals surface area (Å²) in [4.78, 5) is 32.3. The highest BCUT2D eigenvalue weighted by Crippen LogP contribution is 2.38. The highest BCUT2D eigenvalue weighted by atomic mass is 35.5. The van der Waals surface area contributed by atoms with Crippen LogP contribution >= 0.6 is 35.0 Å². The molecule has 1 aromatic heterocycles. The van der Waals surface area contributed by atoms with E-state index >= 15 is 0 Å². The maximum Gasteiger partial charge on any atom is 0.257 e. The van der Waals surface area contributed by atoms with E-state index < -0.39 is 5.92 Å². The van der Waals surface area contributed by atoms with Crippen molar-refractivity contribution in [2.45, 2.75) is 23.2 Å². The zero-order valence-corrected chi connectivity index (χ0v) is 17.2. The molecule has 5 nitrogen and oxygen atoms in total. The lowest BCUT2D eigenvalue weighted by atomic mass is 9.87. The van der Waals surface area contributed by atoms with Gasteiger partial charge in [0.25, 0.3) is 5.56 Å². The van der Waals surface area contributed by atoms with Crippen LogP contribution in [0.5, 0.6) is 0 Å². The van der Waals surface area contributed by atoms with Crippen molar-refractivity contribution in [2.24, 2.45) is 0 Å². The molecule has 0 spiro atoms. The highest BCUT2D eigenvalue weighted by Gasteiger charge is 2.32. The maximum atomic E-state index is 13.0. The fraction of sp³-hybridized carbons (Fsp3) is 0.150. The van der Waals surface area contributed by atoms with Gasteiger partial charge in [-0.15, -0.1) is 0 Å². The Balaban J connectivity index is 1.66. The quantitative estimate of drug-likeness (QED) is 0.434. The van der Waals surface area contributed by atoms with Gasteiger partial charge in [-0.3, -0.25) is 9.59 Å². The number of aromatic amines is 1. The van der Waals surface area contributed by atoms with Crippen molar-refractivity contribution >= 4 is 46.7 Å². The number of benzene rings is 2. The van der Waals surface area contributed by atoms with Crippen molar-refractivity contribution in [1.29, 1.82) is 0 Å². The Hall–Kier alpha value is -2.35. The SMILES string of the molecule is O=C1CC(c2ccc(Cl)cc2Cl)c2c(nc(SCc3ccc(F)cc3)[nH]c2=O)N1. The van der Waals surface area contributed by atoms with E-state index in [0.29, 0.717) is 32.1 Å². The van der Waals surface area contributed by atoms with Crippen LogP contribution in [0.3, 0.4) is 0 Å². The summed E-state index contributed by atoms with van der Waals surface area (Å²) in [6.07, 6.45) is 0.0845. The van der Waals surface area contributed by atoms with Gasteiger partial charge in [0.1, 0.15) is 11.6 Å². The second kappa shape index (κ2) is 8.18. The Bertz CT molecular complexity index is 1150. The topological polar surface area (TPSA) is 74.8 Å². The van der Waals surface area contributed by atoms with Crippen molar-refractivity contribution in [3.05, 3.63) is 85.4 Å². The number of carbonyl (C=O) groups excluding carboxylic acids is 1. The van der Waals surface area contributed by atoms with Gasteiger partial charge in [0.15, 0.2) is 5.16 Å². The molecular formula is C20H14Cl2FN3O2S. The molecule has 9 heteroatoms. The number of rotatable bonds is 4. The van der Waals surface area contributed by atoms with E-state index in [0.717, 1.165) is 5.56 Å². The van der Waals surface area contributed by atoms with Crippen molar-refractivity contribution in [3.63, 3.8) is 0 Å². The molecule has 0 saturated heterocycles. The molecule has 1 aliphatic rings. The molecule has 0 fully saturated rings. The van der Waals surface area contributed by atoms with Gasteiger partial charge < -0.3 is 10.3 Å². The predicted octanol–water partition coefficient (Wildman–Crippen LogP) is 4.98. The van der Waals surface area contributed by atoms with Crippen LogP contribution in [-0.2, 0) is 10.5 Å². The number of nitrogens with zero attached hydrogens (tertiary/aromatic N) is 1. The molecule has 4 rings (SSSR count). The van der Waals surface area contributed by atoms with Crippen LogP contribution in [0.25, 0.3) is 0 Å². The lowest BCUT2D eigenvalue weighted by molar-refractivity contribution is -0.116. The van der Waals surface area contributed by atoms with E-state index in [1.165, 1.54) is 23.9 Å². The van der Waals surface area contributed by atoms with Gasteiger partial charge in [0.2, 0.25) is 5.91 Å². The van der Waals surface area contributed by atoms with E-state index in [9.17, 15) is 14.0 Å². The summed E-state index contributed by atoms with van der Waals surface area (Å²) in [5.74, 6) is -0.365. The molecule has 1 aliphatic heterocycles. The molecule has 148 valence electrons. The number of hydrogen-bond acceptors (Lipinski definition) is 4. The molecule has 2 aromatic carbocycles. The van der Waals surface area contributed by atoms with Crippen LogP contribution in [0.1, 0.15) is 29.0 Å². The molecular weight excluding hydrogens is 436 g/mol. The standard InChI is InChI=1S/C20H14Cl2FN3O2S/c21-11-3-6-13(15(22)7-11)14-8-16(27)24-18-17(14)19(28)26-20(25-18)29-9-10-1-4-12(23)5-2-10/h1-7,14H,8-9H2,(H2,24,25,26,27,28). The summed E-state index contributed by atoms with van der Waals surface area (Å²) < 4.78 is 13.0. The average Bonchev–Trinajstić information content (AvgIpc) is 2.66. The Morgan fingerprint density at radius 2 is 1.90 bits per heavy atom. The molecule has 1 amide bonds. The number of anilines is 1. The first-order chi connectivity index (χ1) is 13.9. The zero-order chi connectivity index (χ0) is 20.5. The van der Waals surface area contributed by atoms with Crippen LogP contribution in [0.4, 0.5) is 10.2 Å². The second-order valence-electron chi connectivity index (χ2n) is 6.52. The number of halogens is 3. The number of nitrogens with one attached hydrogen (secondary N) is 2. The van der Waals surface area contributed by atoms with Gasteiger partial charge >= 0.3 is 0 Å². The Kier molecular flexibility index (Phi) is 5.63. The third kappa shape index (κ3) is 4.32. The first kappa shape index (κ1) is 19.9. The molecule has 29 heavy (non-hydrogen) atoms. The van der Waals surface area contributed by atoms with Gasteiger partial charge in [-0.1, -0.05) is 53.2 Å². The molecule has 0 bridgehead atoms. The zero-order valence-electron chi connectivity index (χ0n) is 14.8.